The summed E-state index contributed by atoms with van der Waals surface area (Å²) in [5.41, 5.74) is 3.36. The average molecular weight is 469 g/mol. The van der Waals surface area contributed by atoms with Gasteiger partial charge in [0.2, 0.25) is 5.91 Å². The monoisotopic (exact) mass is 468 g/mol. The van der Waals surface area contributed by atoms with Gasteiger partial charge in [-0.25, -0.2) is 4.98 Å². The summed E-state index contributed by atoms with van der Waals surface area (Å²) in [5.74, 6) is 0.584. The fourth-order valence-corrected chi connectivity index (χ4v) is 4.39. The summed E-state index contributed by atoms with van der Waals surface area (Å²) in [6, 6.07) is 23.0. The molecule has 0 atom stereocenters. The van der Waals surface area contributed by atoms with Crippen molar-refractivity contribution in [1.82, 2.24) is 19.6 Å². The molecule has 0 radical (unpaired) electrons. The molecule has 5 rings (SSSR count). The van der Waals surface area contributed by atoms with Crippen molar-refractivity contribution in [1.29, 1.82) is 0 Å². The maximum Gasteiger partial charge on any atom is 0.253 e. The van der Waals surface area contributed by atoms with Crippen molar-refractivity contribution in [2.45, 2.75) is 26.0 Å². The lowest BCUT2D eigenvalue weighted by Crippen LogP contribution is -2.42. The number of benzene rings is 2. The molecule has 1 aliphatic rings. The summed E-state index contributed by atoms with van der Waals surface area (Å²) < 4.78 is 7.86. The van der Waals surface area contributed by atoms with Gasteiger partial charge in [-0.3, -0.25) is 9.59 Å². The Hall–Kier alpha value is -4.13. The number of aromatic nitrogens is 2. The minimum Gasteiger partial charge on any atom is -0.487 e. The third kappa shape index (κ3) is 5.51. The van der Waals surface area contributed by atoms with Crippen LogP contribution in [0.4, 0.5) is 0 Å². The van der Waals surface area contributed by atoms with Crippen molar-refractivity contribution < 1.29 is 14.3 Å². The van der Waals surface area contributed by atoms with Gasteiger partial charge in [0.05, 0.1) is 5.69 Å². The fraction of sp³-hybridized carbons (Fsp3) is 0.250. The summed E-state index contributed by atoms with van der Waals surface area (Å²) >= 11 is 0. The molecule has 35 heavy (non-hydrogen) atoms. The van der Waals surface area contributed by atoms with Gasteiger partial charge < -0.3 is 19.4 Å². The molecular weight excluding hydrogens is 440 g/mol. The van der Waals surface area contributed by atoms with Crippen molar-refractivity contribution in [3.05, 3.63) is 102 Å². The Morgan fingerprint density at radius 1 is 0.971 bits per heavy atom. The first-order chi connectivity index (χ1) is 17.2. The maximum atomic E-state index is 13.1. The van der Waals surface area contributed by atoms with Crippen LogP contribution in [0.15, 0.2) is 85.2 Å². The molecule has 4 aromatic rings. The highest BCUT2D eigenvalue weighted by atomic mass is 16.5. The molecule has 7 heteroatoms. The van der Waals surface area contributed by atoms with Gasteiger partial charge in [0.25, 0.3) is 5.91 Å². The molecule has 2 amide bonds. The number of ether oxygens (including phenoxy) is 1. The molecule has 2 aromatic carbocycles. The van der Waals surface area contributed by atoms with Crippen LogP contribution in [0.25, 0.3) is 5.65 Å². The third-order valence-electron chi connectivity index (χ3n) is 6.34. The van der Waals surface area contributed by atoms with Gasteiger partial charge in [0, 0.05) is 43.5 Å². The minimum atomic E-state index is -0.0668. The third-order valence-corrected chi connectivity index (χ3v) is 6.34. The second kappa shape index (κ2) is 10.4. The minimum absolute atomic E-state index is 0.0358. The number of carbonyl (C=O) groups is 2. The highest BCUT2D eigenvalue weighted by molar-refractivity contribution is 5.94. The average Bonchev–Trinajstić information content (AvgIpc) is 3.34. The van der Waals surface area contributed by atoms with E-state index in [0.29, 0.717) is 50.4 Å². The molecule has 3 heterocycles. The summed E-state index contributed by atoms with van der Waals surface area (Å²) in [7, 11) is 0. The van der Waals surface area contributed by atoms with E-state index < -0.39 is 0 Å². The van der Waals surface area contributed by atoms with Crippen LogP contribution in [0.2, 0.25) is 0 Å². The van der Waals surface area contributed by atoms with Crippen LogP contribution >= 0.6 is 0 Å². The lowest BCUT2D eigenvalue weighted by atomic mass is 9.95. The normalized spacial score (nSPS) is 14.1. The highest BCUT2D eigenvalue weighted by Crippen LogP contribution is 2.22. The fourth-order valence-electron chi connectivity index (χ4n) is 4.39. The molecule has 0 aliphatic carbocycles. The van der Waals surface area contributed by atoms with Gasteiger partial charge in [-0.05, 0) is 48.7 Å². The number of hydrogen-bond donors (Lipinski definition) is 1. The lowest BCUT2D eigenvalue weighted by molar-refractivity contribution is -0.126. The van der Waals surface area contributed by atoms with Crippen molar-refractivity contribution in [3.63, 3.8) is 0 Å². The number of likely N-dealkylation sites (tertiary alicyclic amines) is 1. The predicted octanol–water partition coefficient (Wildman–Crippen LogP) is 4.08. The van der Waals surface area contributed by atoms with Crippen LogP contribution in [0, 0.1) is 5.92 Å². The van der Waals surface area contributed by atoms with Crippen LogP contribution in [0.3, 0.4) is 0 Å². The molecular formula is C28H28N4O3. The van der Waals surface area contributed by atoms with Gasteiger partial charge >= 0.3 is 0 Å². The number of piperidine rings is 1. The molecule has 0 bridgehead atoms. The smallest absolute Gasteiger partial charge is 0.253 e. The molecule has 7 nitrogen and oxygen atoms in total. The Labute approximate surface area is 204 Å². The Morgan fingerprint density at radius 3 is 2.57 bits per heavy atom. The topological polar surface area (TPSA) is 75.9 Å². The zero-order valence-electron chi connectivity index (χ0n) is 19.5. The molecule has 1 saturated heterocycles. The number of nitrogens with one attached hydrogen (secondary N) is 1. The largest absolute Gasteiger partial charge is 0.487 e. The summed E-state index contributed by atoms with van der Waals surface area (Å²) in [6.07, 6.45) is 5.21. The van der Waals surface area contributed by atoms with Gasteiger partial charge in [0.1, 0.15) is 18.0 Å². The number of amides is 2. The second-order valence-corrected chi connectivity index (χ2v) is 8.78. The zero-order chi connectivity index (χ0) is 24.0. The lowest BCUT2D eigenvalue weighted by Gasteiger charge is -2.31. The van der Waals surface area contributed by atoms with Gasteiger partial charge in [-0.2, -0.15) is 0 Å². The van der Waals surface area contributed by atoms with Gasteiger partial charge in [-0.1, -0.05) is 42.5 Å². The molecule has 1 fully saturated rings. The maximum absolute atomic E-state index is 13.1. The van der Waals surface area contributed by atoms with E-state index in [4.69, 9.17) is 4.74 Å². The van der Waals surface area contributed by atoms with Crippen LogP contribution < -0.4 is 10.1 Å². The first-order valence-electron chi connectivity index (χ1n) is 11.9. The first-order valence-corrected chi connectivity index (χ1v) is 11.9. The Balaban J connectivity index is 1.13. The number of hydrogen-bond acceptors (Lipinski definition) is 4. The predicted molar refractivity (Wildman–Crippen MR) is 133 cm³/mol. The highest BCUT2D eigenvalue weighted by Gasteiger charge is 2.27. The molecule has 1 N–H and O–H groups in total. The van der Waals surface area contributed by atoms with Crippen LogP contribution in [-0.2, 0) is 17.9 Å². The number of pyridine rings is 1. The van der Waals surface area contributed by atoms with E-state index in [1.54, 1.807) is 12.1 Å². The molecule has 0 spiro atoms. The van der Waals surface area contributed by atoms with Crippen molar-refractivity contribution >= 4 is 17.5 Å². The standard InChI is InChI=1S/C28H28N4O3/c33-27(29-18-21-7-2-1-3-8-21)22-12-15-31(16-13-22)28(34)23-9-6-10-25(17-23)35-20-24-19-32-14-5-4-11-26(32)30-24/h1-11,14,17,19,22H,12-13,15-16,18,20H2,(H,29,33). The van der Waals surface area contributed by atoms with E-state index in [2.05, 4.69) is 10.3 Å². The molecule has 0 unspecified atom stereocenters. The number of rotatable bonds is 7. The summed E-state index contributed by atoms with van der Waals surface area (Å²) in [5, 5.41) is 3.02. The van der Waals surface area contributed by atoms with Crippen LogP contribution in [0.5, 0.6) is 5.75 Å². The second-order valence-electron chi connectivity index (χ2n) is 8.78. The van der Waals surface area contributed by atoms with E-state index >= 15 is 0 Å². The Kier molecular flexibility index (Phi) is 6.75. The van der Waals surface area contributed by atoms with Gasteiger partial charge in [0.15, 0.2) is 0 Å². The number of nitrogens with zero attached hydrogens (tertiary/aromatic N) is 3. The number of carbonyl (C=O) groups excluding carboxylic acids is 2. The Bertz CT molecular complexity index is 1280. The van der Waals surface area contributed by atoms with Crippen molar-refractivity contribution in [2.75, 3.05) is 13.1 Å². The van der Waals surface area contributed by atoms with Gasteiger partial charge in [-0.15, -0.1) is 0 Å². The first kappa shape index (κ1) is 22.7. The van der Waals surface area contributed by atoms with E-state index in [1.165, 1.54) is 0 Å². The quantitative estimate of drug-likeness (QED) is 0.443. The van der Waals surface area contributed by atoms with E-state index in [-0.39, 0.29) is 17.7 Å². The number of fused-ring (bicyclic) bond motifs is 1. The van der Waals surface area contributed by atoms with E-state index in [1.807, 2.05) is 82.4 Å². The molecule has 178 valence electrons. The Morgan fingerprint density at radius 2 is 1.77 bits per heavy atom. The van der Waals surface area contributed by atoms with Crippen LogP contribution in [0.1, 0.15) is 34.5 Å². The van der Waals surface area contributed by atoms with Crippen molar-refractivity contribution in [2.24, 2.45) is 5.92 Å². The zero-order valence-corrected chi connectivity index (χ0v) is 19.5. The summed E-state index contributed by atoms with van der Waals surface area (Å²) in [6.45, 7) is 1.98. The summed E-state index contributed by atoms with van der Waals surface area (Å²) in [4.78, 5) is 32.0. The molecule has 2 aromatic heterocycles. The van der Waals surface area contributed by atoms with E-state index in [9.17, 15) is 9.59 Å². The van der Waals surface area contributed by atoms with Crippen molar-refractivity contribution in [3.8, 4) is 5.75 Å². The molecule has 1 aliphatic heterocycles. The number of imidazole rings is 1. The van der Waals surface area contributed by atoms with E-state index in [0.717, 1.165) is 16.9 Å². The SMILES string of the molecule is O=C(NCc1ccccc1)C1CCN(C(=O)c2cccc(OCc3cn4ccccc4n3)c2)CC1. The van der Waals surface area contributed by atoms with Crippen LogP contribution in [-0.4, -0.2) is 39.2 Å². The molecule has 0 saturated carbocycles.